The molecule has 1 aromatic heterocycles. The maximum Gasteiger partial charge on any atom is 0.129 e. The van der Waals surface area contributed by atoms with Gasteiger partial charge in [-0.1, -0.05) is 11.6 Å². The van der Waals surface area contributed by atoms with Crippen molar-refractivity contribution in [1.82, 2.24) is 5.43 Å². The van der Waals surface area contributed by atoms with E-state index >= 15 is 0 Å². The number of ether oxygens (including phenoxy) is 2. The van der Waals surface area contributed by atoms with Crippen molar-refractivity contribution in [2.45, 2.75) is 6.04 Å². The van der Waals surface area contributed by atoms with Crippen LogP contribution in [0.5, 0.6) is 11.5 Å². The van der Waals surface area contributed by atoms with Crippen LogP contribution in [0.4, 0.5) is 0 Å². The van der Waals surface area contributed by atoms with Crippen LogP contribution in [0.25, 0.3) is 0 Å². The summed E-state index contributed by atoms with van der Waals surface area (Å²) in [6.07, 6.45) is 0. The van der Waals surface area contributed by atoms with Crippen molar-refractivity contribution < 1.29 is 9.47 Å². The zero-order valence-electron chi connectivity index (χ0n) is 10.6. The van der Waals surface area contributed by atoms with Crippen molar-refractivity contribution in [1.29, 1.82) is 0 Å². The molecule has 0 amide bonds. The van der Waals surface area contributed by atoms with Crippen molar-refractivity contribution in [2.75, 3.05) is 14.2 Å². The van der Waals surface area contributed by atoms with Gasteiger partial charge in [0.25, 0.3) is 0 Å². The first-order valence-electron chi connectivity index (χ1n) is 5.61. The van der Waals surface area contributed by atoms with Crippen molar-refractivity contribution in [3.63, 3.8) is 0 Å². The van der Waals surface area contributed by atoms with Gasteiger partial charge in [-0.25, -0.2) is 5.43 Å². The molecule has 2 aromatic rings. The number of benzene rings is 1. The van der Waals surface area contributed by atoms with Gasteiger partial charge < -0.3 is 9.47 Å². The highest BCUT2D eigenvalue weighted by molar-refractivity contribution is 7.10. The van der Waals surface area contributed by atoms with E-state index in [0.717, 1.165) is 21.9 Å². The topological polar surface area (TPSA) is 56.5 Å². The number of thiophene rings is 1. The zero-order valence-corrected chi connectivity index (χ0v) is 12.2. The van der Waals surface area contributed by atoms with Gasteiger partial charge in [0, 0.05) is 20.8 Å². The minimum absolute atomic E-state index is 0.192. The third-order valence-corrected chi connectivity index (χ3v) is 4.00. The van der Waals surface area contributed by atoms with Gasteiger partial charge in [-0.15, -0.1) is 11.3 Å². The summed E-state index contributed by atoms with van der Waals surface area (Å²) in [5, 5.41) is 2.57. The highest BCUT2D eigenvalue weighted by Gasteiger charge is 2.19. The molecule has 4 nitrogen and oxygen atoms in total. The minimum atomic E-state index is -0.192. The van der Waals surface area contributed by atoms with Gasteiger partial charge in [0.05, 0.1) is 20.3 Å². The third-order valence-electron chi connectivity index (χ3n) is 2.79. The molecule has 0 aliphatic heterocycles. The lowest BCUT2D eigenvalue weighted by Gasteiger charge is -2.18. The maximum absolute atomic E-state index is 6.05. The largest absolute Gasteiger partial charge is 0.496 e. The van der Waals surface area contributed by atoms with Crippen molar-refractivity contribution >= 4 is 22.9 Å². The zero-order chi connectivity index (χ0) is 13.8. The molecule has 1 unspecified atom stereocenters. The van der Waals surface area contributed by atoms with Crippen LogP contribution in [0.15, 0.2) is 29.6 Å². The van der Waals surface area contributed by atoms with Crippen LogP contribution in [0, 0.1) is 0 Å². The number of rotatable bonds is 5. The van der Waals surface area contributed by atoms with E-state index in [2.05, 4.69) is 5.43 Å². The second-order valence-electron chi connectivity index (χ2n) is 3.87. The van der Waals surface area contributed by atoms with Gasteiger partial charge in [0.1, 0.15) is 11.5 Å². The maximum atomic E-state index is 6.05. The molecule has 0 fully saturated rings. The average molecular weight is 299 g/mol. The van der Waals surface area contributed by atoms with Gasteiger partial charge >= 0.3 is 0 Å². The van der Waals surface area contributed by atoms with Gasteiger partial charge in [0.15, 0.2) is 0 Å². The van der Waals surface area contributed by atoms with Crippen LogP contribution in [0.1, 0.15) is 16.5 Å². The molecule has 0 saturated carbocycles. The van der Waals surface area contributed by atoms with Gasteiger partial charge in [-0.3, -0.25) is 5.84 Å². The van der Waals surface area contributed by atoms with Crippen LogP contribution in [0.2, 0.25) is 5.02 Å². The Balaban J connectivity index is 2.43. The van der Waals surface area contributed by atoms with E-state index < -0.39 is 0 Å². The predicted octanol–water partition coefficient (Wildman–Crippen LogP) is 2.97. The molecule has 6 heteroatoms. The van der Waals surface area contributed by atoms with E-state index in [0.29, 0.717) is 5.02 Å². The highest BCUT2D eigenvalue weighted by atomic mass is 35.5. The van der Waals surface area contributed by atoms with Crippen molar-refractivity contribution in [3.8, 4) is 11.5 Å². The summed E-state index contributed by atoms with van der Waals surface area (Å²) in [6.45, 7) is 0. The van der Waals surface area contributed by atoms with E-state index in [-0.39, 0.29) is 6.04 Å². The fraction of sp³-hybridized carbons (Fsp3) is 0.231. The molecule has 1 heterocycles. The van der Waals surface area contributed by atoms with Gasteiger partial charge in [-0.05, 0) is 24.3 Å². The Kier molecular flexibility index (Phi) is 4.66. The lowest BCUT2D eigenvalue weighted by atomic mass is 10.0. The summed E-state index contributed by atoms with van der Waals surface area (Å²) >= 11 is 7.61. The standard InChI is InChI=1S/C13H15ClN2O2S/c1-17-9-6-12(19-7-9)13(16-15)10-5-8(14)3-4-11(10)18-2/h3-7,13,16H,15H2,1-2H3. The van der Waals surface area contributed by atoms with E-state index in [1.807, 2.05) is 23.6 Å². The van der Waals surface area contributed by atoms with E-state index in [9.17, 15) is 0 Å². The summed E-state index contributed by atoms with van der Waals surface area (Å²) in [7, 11) is 3.26. The molecule has 0 aliphatic carbocycles. The van der Waals surface area contributed by atoms with E-state index in [1.165, 1.54) is 0 Å². The lowest BCUT2D eigenvalue weighted by Crippen LogP contribution is -2.28. The molecule has 0 radical (unpaired) electrons. The highest BCUT2D eigenvalue weighted by Crippen LogP contribution is 2.36. The van der Waals surface area contributed by atoms with E-state index in [1.54, 1.807) is 31.6 Å². The second-order valence-corrected chi connectivity index (χ2v) is 5.25. The van der Waals surface area contributed by atoms with Gasteiger partial charge in [-0.2, -0.15) is 0 Å². The Labute approximate surface area is 121 Å². The van der Waals surface area contributed by atoms with Crippen LogP contribution in [-0.2, 0) is 0 Å². The van der Waals surface area contributed by atoms with Crippen molar-refractivity contribution in [3.05, 3.63) is 45.1 Å². The SMILES string of the molecule is COc1csc(C(NN)c2cc(Cl)ccc2OC)c1. The summed E-state index contributed by atoms with van der Waals surface area (Å²) < 4.78 is 10.5. The lowest BCUT2D eigenvalue weighted by molar-refractivity contribution is 0.404. The molecule has 19 heavy (non-hydrogen) atoms. The Morgan fingerprint density at radius 3 is 2.63 bits per heavy atom. The molecule has 0 bridgehead atoms. The molecule has 3 N–H and O–H groups in total. The first kappa shape index (κ1) is 14.1. The predicted molar refractivity (Wildman–Crippen MR) is 78.0 cm³/mol. The van der Waals surface area contributed by atoms with E-state index in [4.69, 9.17) is 26.9 Å². The average Bonchev–Trinajstić information content (AvgIpc) is 2.89. The molecule has 2 rings (SSSR count). The number of nitrogens with two attached hydrogens (primary N) is 1. The molecule has 0 spiro atoms. The molecule has 0 aliphatic rings. The first-order chi connectivity index (χ1) is 9.19. The molecule has 0 saturated heterocycles. The summed E-state index contributed by atoms with van der Waals surface area (Å²) in [5.41, 5.74) is 3.68. The number of hydrogen-bond donors (Lipinski definition) is 2. The molecule has 1 atom stereocenters. The third kappa shape index (κ3) is 3.01. The summed E-state index contributed by atoms with van der Waals surface area (Å²) in [5.74, 6) is 7.22. The minimum Gasteiger partial charge on any atom is -0.496 e. The fourth-order valence-electron chi connectivity index (χ4n) is 1.85. The Morgan fingerprint density at radius 2 is 2.05 bits per heavy atom. The molecular weight excluding hydrogens is 284 g/mol. The Hall–Kier alpha value is -1.27. The number of hydrazine groups is 1. The summed E-state index contributed by atoms with van der Waals surface area (Å²) in [6, 6.07) is 7.20. The first-order valence-corrected chi connectivity index (χ1v) is 6.87. The smallest absolute Gasteiger partial charge is 0.129 e. The second kappa shape index (κ2) is 6.25. The summed E-state index contributed by atoms with van der Waals surface area (Å²) in [4.78, 5) is 1.03. The molecular formula is C13H15ClN2O2S. The van der Waals surface area contributed by atoms with Gasteiger partial charge in [0.2, 0.25) is 0 Å². The number of halogens is 1. The Bertz CT molecular complexity index is 559. The van der Waals surface area contributed by atoms with Crippen LogP contribution >= 0.6 is 22.9 Å². The normalized spacial score (nSPS) is 12.2. The number of methoxy groups -OCH3 is 2. The Morgan fingerprint density at radius 1 is 1.26 bits per heavy atom. The molecule has 1 aromatic carbocycles. The van der Waals surface area contributed by atoms with Crippen LogP contribution in [0.3, 0.4) is 0 Å². The fourth-order valence-corrected chi connectivity index (χ4v) is 2.96. The number of hydrogen-bond acceptors (Lipinski definition) is 5. The van der Waals surface area contributed by atoms with Crippen LogP contribution < -0.4 is 20.7 Å². The molecule has 102 valence electrons. The monoisotopic (exact) mass is 298 g/mol. The van der Waals surface area contributed by atoms with Crippen molar-refractivity contribution in [2.24, 2.45) is 5.84 Å². The number of nitrogens with one attached hydrogen (secondary N) is 1. The van der Waals surface area contributed by atoms with Crippen LogP contribution in [-0.4, -0.2) is 14.2 Å². The quantitative estimate of drug-likeness (QED) is 0.658.